The Morgan fingerprint density at radius 1 is 1.22 bits per heavy atom. The molecule has 3 N–H and O–H groups in total. The summed E-state index contributed by atoms with van der Waals surface area (Å²) in [6, 6.07) is 8.04. The van der Waals surface area contributed by atoms with Crippen molar-refractivity contribution in [3.05, 3.63) is 29.8 Å². The highest BCUT2D eigenvalue weighted by Crippen LogP contribution is 2.31. The number of carbonyl (C=O) groups excluding carboxylic acids is 1. The Kier molecular flexibility index (Phi) is 9.33. The number of fused-ring (bicyclic) bond motifs is 1. The van der Waals surface area contributed by atoms with Gasteiger partial charge in [-0.25, -0.2) is 0 Å². The quantitative estimate of drug-likeness (QED) is 0.241. The van der Waals surface area contributed by atoms with Crippen LogP contribution in [0, 0.1) is 0 Å². The molecule has 7 heteroatoms. The second kappa shape index (κ2) is 11.5. The maximum absolute atomic E-state index is 11.9. The largest absolute Gasteiger partial charge is 0.356 e. The van der Waals surface area contributed by atoms with Crippen LogP contribution in [0.3, 0.4) is 0 Å². The zero-order valence-corrected chi connectivity index (χ0v) is 18.5. The second-order valence-electron chi connectivity index (χ2n) is 7.17. The van der Waals surface area contributed by atoms with Crippen LogP contribution in [-0.2, 0) is 4.79 Å². The molecule has 0 saturated carbocycles. The van der Waals surface area contributed by atoms with Crippen molar-refractivity contribution in [2.24, 2.45) is 4.99 Å². The van der Waals surface area contributed by atoms with Gasteiger partial charge in [0.15, 0.2) is 5.96 Å². The Balaban J connectivity index is 0.00000261. The van der Waals surface area contributed by atoms with Crippen LogP contribution in [0.15, 0.2) is 29.3 Å². The van der Waals surface area contributed by atoms with E-state index < -0.39 is 0 Å². The van der Waals surface area contributed by atoms with Crippen LogP contribution in [0.4, 0.5) is 5.69 Å². The molecule has 150 valence electrons. The normalized spacial score (nSPS) is 19.8. The van der Waals surface area contributed by atoms with Crippen LogP contribution in [-0.4, -0.2) is 56.5 Å². The molecule has 1 aromatic carbocycles. The minimum Gasteiger partial charge on any atom is -0.356 e. The number of amides is 1. The van der Waals surface area contributed by atoms with Gasteiger partial charge in [-0.2, -0.15) is 0 Å². The minimum absolute atomic E-state index is 0. The first-order valence-corrected chi connectivity index (χ1v) is 9.82. The molecule has 1 aromatic rings. The third kappa shape index (κ3) is 6.64. The van der Waals surface area contributed by atoms with Crippen molar-refractivity contribution in [1.29, 1.82) is 0 Å². The smallest absolute Gasteiger partial charge is 0.225 e. The minimum atomic E-state index is 0. The van der Waals surface area contributed by atoms with Gasteiger partial charge in [0.1, 0.15) is 0 Å². The fraction of sp³-hybridized carbons (Fsp3) is 0.600. The molecule has 1 amide bonds. The van der Waals surface area contributed by atoms with Gasteiger partial charge < -0.3 is 20.9 Å². The SMILES string of the molecule is CN=C(NCCCCN1CCCC1)NCC1CC(=O)Nc2ccccc21.I. The Labute approximate surface area is 179 Å². The van der Waals surface area contributed by atoms with Crippen molar-refractivity contribution < 1.29 is 4.79 Å². The van der Waals surface area contributed by atoms with Crippen LogP contribution >= 0.6 is 24.0 Å². The van der Waals surface area contributed by atoms with Gasteiger partial charge in [0.2, 0.25) is 5.91 Å². The average molecular weight is 485 g/mol. The lowest BCUT2D eigenvalue weighted by molar-refractivity contribution is -0.116. The summed E-state index contributed by atoms with van der Waals surface area (Å²) < 4.78 is 0. The molecule has 1 atom stereocenters. The Hall–Kier alpha value is -1.35. The molecule has 0 aliphatic carbocycles. The number of nitrogens with one attached hydrogen (secondary N) is 3. The summed E-state index contributed by atoms with van der Waals surface area (Å²) in [5.74, 6) is 1.07. The molecule has 0 radical (unpaired) electrons. The van der Waals surface area contributed by atoms with Crippen LogP contribution < -0.4 is 16.0 Å². The third-order valence-corrected chi connectivity index (χ3v) is 5.24. The standard InChI is InChI=1S/C20H31N5O.HI/c1-21-20(22-10-4-5-11-25-12-6-7-13-25)23-15-16-14-19(26)24-18-9-3-2-8-17(16)18;/h2-3,8-9,16H,4-7,10-15H2,1H3,(H,24,26)(H2,21,22,23);1H. The van der Waals surface area contributed by atoms with E-state index in [0.717, 1.165) is 24.6 Å². The number of anilines is 1. The van der Waals surface area contributed by atoms with Gasteiger partial charge in [-0.1, -0.05) is 18.2 Å². The van der Waals surface area contributed by atoms with E-state index in [9.17, 15) is 4.79 Å². The summed E-state index contributed by atoms with van der Waals surface area (Å²) in [5.41, 5.74) is 2.13. The number of guanidine groups is 1. The number of nitrogens with zero attached hydrogens (tertiary/aromatic N) is 2. The van der Waals surface area contributed by atoms with Gasteiger partial charge in [0, 0.05) is 38.2 Å². The molecular formula is C20H32IN5O. The van der Waals surface area contributed by atoms with Crippen molar-refractivity contribution in [1.82, 2.24) is 15.5 Å². The summed E-state index contributed by atoms with van der Waals surface area (Å²) in [6.45, 7) is 5.38. The predicted octanol–water partition coefficient (Wildman–Crippen LogP) is 2.77. The summed E-state index contributed by atoms with van der Waals surface area (Å²) in [7, 11) is 1.79. The van der Waals surface area contributed by atoms with Gasteiger partial charge in [0.25, 0.3) is 0 Å². The summed E-state index contributed by atoms with van der Waals surface area (Å²) in [4.78, 5) is 18.8. The third-order valence-electron chi connectivity index (χ3n) is 5.24. The molecule has 3 rings (SSSR count). The number of benzene rings is 1. The maximum Gasteiger partial charge on any atom is 0.225 e. The van der Waals surface area contributed by atoms with Crippen LogP contribution in [0.1, 0.15) is 43.6 Å². The summed E-state index contributed by atoms with van der Waals surface area (Å²) in [6.07, 6.45) is 5.59. The fourth-order valence-corrected chi connectivity index (χ4v) is 3.80. The zero-order valence-electron chi connectivity index (χ0n) is 16.2. The first kappa shape index (κ1) is 21.9. The predicted molar refractivity (Wildman–Crippen MR) is 122 cm³/mol. The van der Waals surface area contributed by atoms with Crippen LogP contribution in [0.2, 0.25) is 0 Å². The van der Waals surface area contributed by atoms with E-state index in [1.807, 2.05) is 18.2 Å². The molecule has 2 aliphatic heterocycles. The number of hydrogen-bond donors (Lipinski definition) is 3. The van der Waals surface area contributed by atoms with Gasteiger partial charge in [-0.15, -0.1) is 24.0 Å². The first-order chi connectivity index (χ1) is 12.8. The van der Waals surface area contributed by atoms with Crippen molar-refractivity contribution in [3.8, 4) is 0 Å². The molecule has 2 heterocycles. The van der Waals surface area contributed by atoms with Crippen molar-refractivity contribution in [2.75, 3.05) is 45.1 Å². The van der Waals surface area contributed by atoms with E-state index in [-0.39, 0.29) is 35.8 Å². The van der Waals surface area contributed by atoms with Crippen molar-refractivity contribution >= 4 is 41.5 Å². The fourth-order valence-electron chi connectivity index (χ4n) is 3.80. The Morgan fingerprint density at radius 3 is 2.78 bits per heavy atom. The number of para-hydroxylation sites is 1. The first-order valence-electron chi connectivity index (χ1n) is 9.82. The highest BCUT2D eigenvalue weighted by atomic mass is 127. The maximum atomic E-state index is 11.9. The lowest BCUT2D eigenvalue weighted by Crippen LogP contribution is -2.41. The number of likely N-dealkylation sites (tertiary alicyclic amines) is 1. The monoisotopic (exact) mass is 485 g/mol. The second-order valence-corrected chi connectivity index (χ2v) is 7.17. The number of hydrogen-bond acceptors (Lipinski definition) is 3. The molecule has 2 aliphatic rings. The van der Waals surface area contributed by atoms with E-state index in [4.69, 9.17) is 0 Å². The molecule has 6 nitrogen and oxygen atoms in total. The highest BCUT2D eigenvalue weighted by molar-refractivity contribution is 14.0. The van der Waals surface area contributed by atoms with E-state index in [1.165, 1.54) is 44.5 Å². The van der Waals surface area contributed by atoms with Gasteiger partial charge in [0.05, 0.1) is 0 Å². The number of aliphatic imine (C=N–C) groups is 1. The van der Waals surface area contributed by atoms with Gasteiger partial charge in [-0.3, -0.25) is 9.79 Å². The van der Waals surface area contributed by atoms with Crippen molar-refractivity contribution in [3.63, 3.8) is 0 Å². The highest BCUT2D eigenvalue weighted by Gasteiger charge is 2.24. The molecule has 0 spiro atoms. The molecule has 0 aromatic heterocycles. The topological polar surface area (TPSA) is 68.8 Å². The molecule has 1 unspecified atom stereocenters. The number of rotatable bonds is 7. The van der Waals surface area contributed by atoms with E-state index in [0.29, 0.717) is 13.0 Å². The number of halogens is 1. The number of unbranched alkanes of at least 4 members (excludes halogenated alkanes) is 1. The Bertz CT molecular complexity index is 631. The number of carbonyl (C=O) groups is 1. The summed E-state index contributed by atoms with van der Waals surface area (Å²) >= 11 is 0. The molecule has 1 fully saturated rings. The molecule has 1 saturated heterocycles. The van der Waals surface area contributed by atoms with E-state index in [1.54, 1.807) is 7.05 Å². The average Bonchev–Trinajstić information content (AvgIpc) is 3.17. The molecule has 27 heavy (non-hydrogen) atoms. The lowest BCUT2D eigenvalue weighted by Gasteiger charge is -2.26. The van der Waals surface area contributed by atoms with Crippen LogP contribution in [0.25, 0.3) is 0 Å². The van der Waals surface area contributed by atoms with E-state index >= 15 is 0 Å². The Morgan fingerprint density at radius 2 is 2.00 bits per heavy atom. The summed E-state index contributed by atoms with van der Waals surface area (Å²) in [5, 5.41) is 9.72. The zero-order chi connectivity index (χ0) is 18.2. The molecule has 0 bridgehead atoms. The molecular weight excluding hydrogens is 453 g/mol. The lowest BCUT2D eigenvalue weighted by atomic mass is 9.90. The van der Waals surface area contributed by atoms with E-state index in [2.05, 4.69) is 31.9 Å². The van der Waals surface area contributed by atoms with Gasteiger partial charge in [-0.05, 0) is 56.9 Å². The van der Waals surface area contributed by atoms with Gasteiger partial charge >= 0.3 is 0 Å². The van der Waals surface area contributed by atoms with Crippen molar-refractivity contribution in [2.45, 2.75) is 38.0 Å². The van der Waals surface area contributed by atoms with Crippen LogP contribution in [0.5, 0.6) is 0 Å².